The third kappa shape index (κ3) is 149. The summed E-state index contributed by atoms with van der Waals surface area (Å²) in [6.45, 7) is 4.97. The first-order chi connectivity index (χ1) is 8.88. The molecule has 0 spiro atoms. The number of carbonyl (C=O) groups is 4. The second-order valence-corrected chi connectivity index (χ2v) is 2.95. The normalized spacial score (nSPS) is 9.00. The van der Waals surface area contributed by atoms with Gasteiger partial charge in [-0.2, -0.15) is 0 Å². The van der Waals surface area contributed by atoms with E-state index in [-0.39, 0.29) is 49.4 Å². The number of carboxylic acid groups (broad SMARTS) is 4. The van der Waals surface area contributed by atoms with Crippen LogP contribution in [0.15, 0.2) is 12.2 Å². The van der Waals surface area contributed by atoms with Crippen molar-refractivity contribution in [3.63, 3.8) is 0 Å². The Morgan fingerprint density at radius 2 is 1.05 bits per heavy atom. The molecule has 1 unspecified atom stereocenters. The SMILES string of the molecule is CC(=O)O.CC(=O)O.CC(=O)O.CC=CC(N)C(=O)O.[Eu]. The van der Waals surface area contributed by atoms with E-state index in [2.05, 4.69) is 0 Å². The largest absolute Gasteiger partial charge is 0.481 e. The Morgan fingerprint density at radius 1 is 0.857 bits per heavy atom. The van der Waals surface area contributed by atoms with Crippen molar-refractivity contribution in [2.75, 3.05) is 0 Å². The molecule has 1 atom stereocenters. The molecule has 0 aliphatic carbocycles. The van der Waals surface area contributed by atoms with E-state index in [9.17, 15) is 4.79 Å². The summed E-state index contributed by atoms with van der Waals surface area (Å²) in [5.41, 5.74) is 5.04. The van der Waals surface area contributed by atoms with E-state index in [4.69, 9.17) is 40.5 Å². The van der Waals surface area contributed by atoms with Gasteiger partial charge in [-0.15, -0.1) is 0 Å². The molecular formula is C11H21EuNO8. The van der Waals surface area contributed by atoms with Crippen molar-refractivity contribution in [1.29, 1.82) is 0 Å². The van der Waals surface area contributed by atoms with Crippen LogP contribution in [0, 0.1) is 49.4 Å². The molecule has 0 heterocycles. The van der Waals surface area contributed by atoms with Gasteiger partial charge in [-0.3, -0.25) is 19.2 Å². The van der Waals surface area contributed by atoms with Crippen LogP contribution in [0.5, 0.6) is 0 Å². The van der Waals surface area contributed by atoms with Crippen LogP contribution in [0.2, 0.25) is 0 Å². The number of rotatable bonds is 2. The average molecular weight is 447 g/mol. The maximum absolute atomic E-state index is 9.91. The van der Waals surface area contributed by atoms with Gasteiger partial charge in [-0.1, -0.05) is 12.2 Å². The molecule has 125 valence electrons. The van der Waals surface area contributed by atoms with Crippen molar-refractivity contribution < 1.29 is 89.0 Å². The summed E-state index contributed by atoms with van der Waals surface area (Å²) in [6.07, 6.45) is 3.03. The Hall–Kier alpha value is -0.836. The number of allylic oxidation sites excluding steroid dienone is 1. The first kappa shape index (κ1) is 32.2. The van der Waals surface area contributed by atoms with E-state index in [0.717, 1.165) is 20.8 Å². The Labute approximate surface area is 163 Å². The van der Waals surface area contributed by atoms with Gasteiger partial charge < -0.3 is 26.2 Å². The number of carboxylic acids is 4. The second kappa shape index (κ2) is 24.2. The second-order valence-electron chi connectivity index (χ2n) is 2.95. The molecular weight excluding hydrogens is 426 g/mol. The quantitative estimate of drug-likeness (QED) is 0.372. The predicted octanol–water partition coefficient (Wildman–Crippen LogP) is 0.247. The van der Waals surface area contributed by atoms with Crippen LogP contribution in [-0.4, -0.2) is 50.3 Å². The molecule has 1 radical (unpaired) electrons. The summed E-state index contributed by atoms with van der Waals surface area (Å²) >= 11 is 0. The minimum atomic E-state index is -0.997. The van der Waals surface area contributed by atoms with Crippen LogP contribution in [0.3, 0.4) is 0 Å². The van der Waals surface area contributed by atoms with Gasteiger partial charge in [0.05, 0.1) is 0 Å². The van der Waals surface area contributed by atoms with Crippen LogP contribution >= 0.6 is 0 Å². The molecule has 0 saturated heterocycles. The number of hydrogen-bond donors (Lipinski definition) is 5. The average Bonchev–Trinajstić information content (AvgIpc) is 2.14. The maximum atomic E-state index is 9.91. The Balaban J connectivity index is -0.0000000570. The molecule has 0 bridgehead atoms. The third-order valence-corrected chi connectivity index (χ3v) is 0.685. The van der Waals surface area contributed by atoms with Gasteiger partial charge in [-0.05, 0) is 6.92 Å². The van der Waals surface area contributed by atoms with Crippen LogP contribution in [-0.2, 0) is 19.2 Å². The van der Waals surface area contributed by atoms with Crippen LogP contribution in [0.25, 0.3) is 0 Å². The van der Waals surface area contributed by atoms with Gasteiger partial charge in [0.25, 0.3) is 17.9 Å². The Bertz CT molecular complexity index is 290. The minimum absolute atomic E-state index is 0. The summed E-state index contributed by atoms with van der Waals surface area (Å²) < 4.78 is 0. The summed E-state index contributed by atoms with van der Waals surface area (Å²) in [4.78, 5) is 36.9. The zero-order valence-corrected chi connectivity index (χ0v) is 14.5. The Kier molecular flexibility index (Phi) is 37.1. The fourth-order valence-corrected chi connectivity index (χ4v) is 0.290. The molecule has 0 rings (SSSR count). The third-order valence-electron chi connectivity index (χ3n) is 0.685. The molecule has 0 aromatic rings. The van der Waals surface area contributed by atoms with Gasteiger partial charge in [-0.25, -0.2) is 0 Å². The van der Waals surface area contributed by atoms with Crippen molar-refractivity contribution in [3.05, 3.63) is 12.2 Å². The van der Waals surface area contributed by atoms with Crippen molar-refractivity contribution >= 4 is 23.9 Å². The van der Waals surface area contributed by atoms with Crippen molar-refractivity contribution in [2.45, 2.75) is 33.7 Å². The maximum Gasteiger partial charge on any atom is 0.324 e. The predicted molar refractivity (Wildman–Crippen MR) is 70.4 cm³/mol. The van der Waals surface area contributed by atoms with Crippen molar-refractivity contribution in [1.82, 2.24) is 0 Å². The molecule has 0 aliphatic heterocycles. The van der Waals surface area contributed by atoms with E-state index in [1.807, 2.05) is 0 Å². The van der Waals surface area contributed by atoms with E-state index in [1.165, 1.54) is 6.08 Å². The van der Waals surface area contributed by atoms with Crippen LogP contribution in [0.4, 0.5) is 0 Å². The van der Waals surface area contributed by atoms with Gasteiger partial charge in [0.1, 0.15) is 6.04 Å². The zero-order valence-electron chi connectivity index (χ0n) is 12.1. The molecule has 0 amide bonds. The van der Waals surface area contributed by atoms with E-state index >= 15 is 0 Å². The molecule has 6 N–H and O–H groups in total. The van der Waals surface area contributed by atoms with Crippen LogP contribution in [0.1, 0.15) is 27.7 Å². The number of hydrogen-bond acceptors (Lipinski definition) is 5. The van der Waals surface area contributed by atoms with Gasteiger partial charge >= 0.3 is 5.97 Å². The molecule has 0 saturated carbocycles. The van der Waals surface area contributed by atoms with E-state index in [1.54, 1.807) is 13.0 Å². The summed E-state index contributed by atoms with van der Waals surface area (Å²) in [5.74, 6) is -3.50. The van der Waals surface area contributed by atoms with Crippen LogP contribution < -0.4 is 5.73 Å². The van der Waals surface area contributed by atoms with Crippen molar-refractivity contribution in [3.8, 4) is 0 Å². The fourth-order valence-electron chi connectivity index (χ4n) is 0.290. The van der Waals surface area contributed by atoms with Gasteiger partial charge in [0.2, 0.25) is 0 Å². The zero-order chi connectivity index (χ0) is 17.3. The fraction of sp³-hybridized carbons (Fsp3) is 0.455. The van der Waals surface area contributed by atoms with Gasteiger partial charge in [0.15, 0.2) is 0 Å². The van der Waals surface area contributed by atoms with Gasteiger partial charge in [0, 0.05) is 70.1 Å². The monoisotopic (exact) mass is 448 g/mol. The smallest absolute Gasteiger partial charge is 0.324 e. The Morgan fingerprint density at radius 3 is 1.10 bits per heavy atom. The van der Waals surface area contributed by atoms with E-state index in [0.29, 0.717) is 0 Å². The molecule has 0 aliphatic rings. The van der Waals surface area contributed by atoms with E-state index < -0.39 is 29.9 Å². The summed E-state index contributed by atoms with van der Waals surface area (Å²) in [5, 5.41) is 30.4. The molecule has 0 fully saturated rings. The topological polar surface area (TPSA) is 175 Å². The first-order valence-electron chi connectivity index (χ1n) is 5.08. The molecule has 10 heteroatoms. The molecule has 0 aromatic carbocycles. The molecule has 9 nitrogen and oxygen atoms in total. The standard InChI is InChI=1S/C5H9NO2.3C2H4O2.Eu/c1-2-3-4(6)5(7)8;3*1-2(3)4;/h2-4H,6H2,1H3,(H,7,8);3*1H3,(H,3,4);. The molecule has 21 heavy (non-hydrogen) atoms. The number of aliphatic carboxylic acids is 4. The van der Waals surface area contributed by atoms with Crippen molar-refractivity contribution in [2.24, 2.45) is 5.73 Å². The number of nitrogens with two attached hydrogens (primary N) is 1. The first-order valence-corrected chi connectivity index (χ1v) is 5.08. The summed E-state index contributed by atoms with van der Waals surface area (Å²) in [6, 6.07) is -0.847. The minimum Gasteiger partial charge on any atom is -0.481 e. The summed E-state index contributed by atoms with van der Waals surface area (Å²) in [7, 11) is 0. The molecule has 0 aromatic heterocycles.